The van der Waals surface area contributed by atoms with Gasteiger partial charge in [-0.15, -0.1) is 0 Å². The molecule has 64 valence electrons. The maximum Gasteiger partial charge on any atom is 0.155 e. The molecule has 0 aliphatic heterocycles. The van der Waals surface area contributed by atoms with Gasteiger partial charge in [0.05, 0.1) is 5.41 Å². The Bertz CT molecular complexity index is 278. The van der Waals surface area contributed by atoms with Crippen molar-refractivity contribution in [3.63, 3.8) is 0 Å². The third-order valence-electron chi connectivity index (χ3n) is 3.30. The fraction of sp³-hybridized carbons (Fsp3) is 0.600. The van der Waals surface area contributed by atoms with E-state index in [0.29, 0.717) is 12.3 Å². The number of allylic oxidation sites excluding steroid dienone is 2. The molecule has 0 heterocycles. The summed E-state index contributed by atoms with van der Waals surface area (Å²) in [6, 6.07) is 0. The highest BCUT2D eigenvalue weighted by molar-refractivity contribution is 5.96. The standard InChI is InChI=1S/C10H12O2/c1-7(11)10-4-2-8(10)6-9(12)3-5-10/h3,5,8H,2,4,6H2,1H3. The van der Waals surface area contributed by atoms with Crippen LogP contribution in [0.3, 0.4) is 0 Å². The summed E-state index contributed by atoms with van der Waals surface area (Å²) < 4.78 is 0. The minimum atomic E-state index is -0.242. The third kappa shape index (κ3) is 0.808. The maximum atomic E-state index is 11.3. The van der Waals surface area contributed by atoms with Gasteiger partial charge in [-0.25, -0.2) is 0 Å². The van der Waals surface area contributed by atoms with Crippen LogP contribution in [0, 0.1) is 11.3 Å². The number of carbonyl (C=O) groups is 2. The lowest BCUT2D eigenvalue weighted by molar-refractivity contribution is -0.135. The van der Waals surface area contributed by atoms with Gasteiger partial charge in [0.15, 0.2) is 5.78 Å². The molecular weight excluding hydrogens is 152 g/mol. The average molecular weight is 164 g/mol. The zero-order valence-electron chi connectivity index (χ0n) is 7.17. The molecule has 2 unspecified atom stereocenters. The molecular formula is C10H12O2. The van der Waals surface area contributed by atoms with Gasteiger partial charge in [0, 0.05) is 6.42 Å². The van der Waals surface area contributed by atoms with Gasteiger partial charge >= 0.3 is 0 Å². The predicted molar refractivity (Wildman–Crippen MR) is 44.6 cm³/mol. The number of Topliss-reactive ketones (excluding diaryl/α,β-unsaturated/α-hetero) is 1. The Balaban J connectivity index is 2.33. The third-order valence-corrected chi connectivity index (χ3v) is 3.30. The van der Waals surface area contributed by atoms with Crippen LogP contribution in [-0.4, -0.2) is 11.6 Å². The van der Waals surface area contributed by atoms with Crippen LogP contribution in [0.4, 0.5) is 0 Å². The number of ketones is 2. The van der Waals surface area contributed by atoms with Crippen molar-refractivity contribution in [1.29, 1.82) is 0 Å². The van der Waals surface area contributed by atoms with Crippen molar-refractivity contribution >= 4 is 11.6 Å². The molecule has 0 aromatic heterocycles. The van der Waals surface area contributed by atoms with Crippen LogP contribution in [0.25, 0.3) is 0 Å². The van der Waals surface area contributed by atoms with Gasteiger partial charge in [-0.2, -0.15) is 0 Å². The fourth-order valence-corrected chi connectivity index (χ4v) is 2.30. The van der Waals surface area contributed by atoms with Crippen molar-refractivity contribution in [3.8, 4) is 0 Å². The maximum absolute atomic E-state index is 11.3. The number of carbonyl (C=O) groups excluding carboxylic acids is 2. The normalized spacial score (nSPS) is 38.8. The molecule has 2 rings (SSSR count). The van der Waals surface area contributed by atoms with E-state index in [1.54, 1.807) is 13.0 Å². The van der Waals surface area contributed by atoms with Gasteiger partial charge in [-0.3, -0.25) is 9.59 Å². The topological polar surface area (TPSA) is 34.1 Å². The molecule has 2 nitrogen and oxygen atoms in total. The molecule has 0 aromatic carbocycles. The van der Waals surface area contributed by atoms with Crippen LogP contribution in [0.1, 0.15) is 26.2 Å². The van der Waals surface area contributed by atoms with Gasteiger partial charge in [-0.05, 0) is 31.8 Å². The zero-order valence-corrected chi connectivity index (χ0v) is 7.17. The molecule has 1 fully saturated rings. The molecule has 0 bridgehead atoms. The van der Waals surface area contributed by atoms with E-state index in [1.165, 1.54) is 0 Å². The van der Waals surface area contributed by atoms with Crippen LogP contribution >= 0.6 is 0 Å². The summed E-state index contributed by atoms with van der Waals surface area (Å²) in [5.41, 5.74) is -0.242. The van der Waals surface area contributed by atoms with Crippen LogP contribution in [0.2, 0.25) is 0 Å². The number of rotatable bonds is 1. The van der Waals surface area contributed by atoms with Crippen molar-refractivity contribution in [2.75, 3.05) is 0 Å². The van der Waals surface area contributed by atoms with Crippen molar-refractivity contribution in [2.24, 2.45) is 11.3 Å². The lowest BCUT2D eigenvalue weighted by atomic mass is 9.54. The Hall–Kier alpha value is -0.920. The first-order valence-electron chi connectivity index (χ1n) is 4.38. The van der Waals surface area contributed by atoms with Gasteiger partial charge < -0.3 is 0 Å². The van der Waals surface area contributed by atoms with E-state index in [-0.39, 0.29) is 17.0 Å². The highest BCUT2D eigenvalue weighted by Crippen LogP contribution is 2.52. The molecule has 12 heavy (non-hydrogen) atoms. The molecule has 0 aromatic rings. The first-order chi connectivity index (χ1) is 5.65. The highest BCUT2D eigenvalue weighted by Gasteiger charge is 2.50. The van der Waals surface area contributed by atoms with Crippen molar-refractivity contribution in [2.45, 2.75) is 26.2 Å². The van der Waals surface area contributed by atoms with E-state index < -0.39 is 0 Å². The van der Waals surface area contributed by atoms with Crippen molar-refractivity contribution in [3.05, 3.63) is 12.2 Å². The molecule has 2 atom stereocenters. The summed E-state index contributed by atoms with van der Waals surface area (Å²) in [4.78, 5) is 22.3. The zero-order chi connectivity index (χ0) is 8.77. The molecule has 0 saturated heterocycles. The second-order valence-corrected chi connectivity index (χ2v) is 3.84. The summed E-state index contributed by atoms with van der Waals surface area (Å²) in [5, 5.41) is 0. The molecule has 2 heteroatoms. The minimum absolute atomic E-state index is 0.177. The summed E-state index contributed by atoms with van der Waals surface area (Å²) in [7, 11) is 0. The second kappa shape index (κ2) is 2.28. The van der Waals surface area contributed by atoms with Gasteiger partial charge in [0.25, 0.3) is 0 Å². The second-order valence-electron chi connectivity index (χ2n) is 3.84. The van der Waals surface area contributed by atoms with E-state index in [1.807, 2.05) is 6.08 Å². The monoisotopic (exact) mass is 164 g/mol. The van der Waals surface area contributed by atoms with E-state index in [0.717, 1.165) is 12.8 Å². The van der Waals surface area contributed by atoms with Crippen LogP contribution in [-0.2, 0) is 9.59 Å². The SMILES string of the molecule is CC(=O)C12C=CC(=O)CC1CC2. The Morgan fingerprint density at radius 1 is 1.67 bits per heavy atom. The molecule has 0 radical (unpaired) electrons. The largest absolute Gasteiger partial charge is 0.299 e. The van der Waals surface area contributed by atoms with Crippen molar-refractivity contribution < 1.29 is 9.59 Å². The number of hydrogen-bond donors (Lipinski definition) is 0. The molecule has 2 aliphatic carbocycles. The minimum Gasteiger partial charge on any atom is -0.299 e. The molecule has 0 N–H and O–H groups in total. The quantitative estimate of drug-likeness (QED) is 0.588. The van der Waals surface area contributed by atoms with Crippen LogP contribution in [0.5, 0.6) is 0 Å². The van der Waals surface area contributed by atoms with Gasteiger partial charge in [0.2, 0.25) is 0 Å². The summed E-state index contributed by atoms with van der Waals surface area (Å²) >= 11 is 0. The average Bonchev–Trinajstić information content (AvgIpc) is 1.96. The summed E-state index contributed by atoms with van der Waals surface area (Å²) in [6.07, 6.45) is 5.97. The summed E-state index contributed by atoms with van der Waals surface area (Å²) in [6.45, 7) is 1.63. The number of fused-ring (bicyclic) bond motifs is 1. The highest BCUT2D eigenvalue weighted by atomic mass is 16.1. The van der Waals surface area contributed by atoms with E-state index in [2.05, 4.69) is 0 Å². The van der Waals surface area contributed by atoms with E-state index in [4.69, 9.17) is 0 Å². The van der Waals surface area contributed by atoms with E-state index in [9.17, 15) is 9.59 Å². The Labute approximate surface area is 71.6 Å². The van der Waals surface area contributed by atoms with Crippen LogP contribution < -0.4 is 0 Å². The molecule has 2 aliphatic rings. The fourth-order valence-electron chi connectivity index (χ4n) is 2.30. The first kappa shape index (κ1) is 7.71. The van der Waals surface area contributed by atoms with Crippen molar-refractivity contribution in [1.82, 2.24) is 0 Å². The Kier molecular flexibility index (Phi) is 1.47. The predicted octanol–water partition coefficient (Wildman–Crippen LogP) is 1.50. The lowest BCUT2D eigenvalue weighted by Crippen LogP contribution is -2.47. The number of hydrogen-bond acceptors (Lipinski definition) is 2. The molecule has 0 spiro atoms. The molecule has 1 saturated carbocycles. The molecule has 0 amide bonds. The Morgan fingerprint density at radius 3 is 2.83 bits per heavy atom. The van der Waals surface area contributed by atoms with Crippen LogP contribution in [0.15, 0.2) is 12.2 Å². The van der Waals surface area contributed by atoms with Gasteiger partial charge in [-0.1, -0.05) is 6.08 Å². The van der Waals surface area contributed by atoms with Gasteiger partial charge in [0.1, 0.15) is 5.78 Å². The smallest absolute Gasteiger partial charge is 0.155 e. The lowest BCUT2D eigenvalue weighted by Gasteiger charge is -2.47. The Morgan fingerprint density at radius 2 is 2.42 bits per heavy atom. The first-order valence-corrected chi connectivity index (χ1v) is 4.38. The van der Waals surface area contributed by atoms with E-state index >= 15 is 0 Å². The summed E-state index contributed by atoms with van der Waals surface area (Å²) in [5.74, 6) is 0.714.